The van der Waals surface area contributed by atoms with Crippen LogP contribution in [0.3, 0.4) is 0 Å². The molecule has 3 rings (SSSR count). The second-order valence-electron chi connectivity index (χ2n) is 6.91. The molecule has 0 aliphatic carbocycles. The predicted molar refractivity (Wildman–Crippen MR) is 96.1 cm³/mol. The van der Waals surface area contributed by atoms with Gasteiger partial charge in [0.05, 0.1) is 13.2 Å². The molecule has 5 nitrogen and oxygen atoms in total. The largest absolute Gasteiger partial charge is 0.379 e. The number of carbonyl (C=O) groups is 1. The predicted octanol–water partition coefficient (Wildman–Crippen LogP) is 2.33. The highest BCUT2D eigenvalue weighted by Gasteiger charge is 2.25. The van der Waals surface area contributed by atoms with E-state index in [2.05, 4.69) is 27.2 Å². The van der Waals surface area contributed by atoms with E-state index in [1.54, 1.807) is 0 Å². The van der Waals surface area contributed by atoms with Gasteiger partial charge < -0.3 is 10.1 Å². The summed E-state index contributed by atoms with van der Waals surface area (Å²) in [6, 6.07) is 8.90. The van der Waals surface area contributed by atoms with Gasteiger partial charge in [0.2, 0.25) is 5.91 Å². The first kappa shape index (κ1) is 17.4. The molecule has 1 aromatic carbocycles. The Kier molecular flexibility index (Phi) is 6.24. The van der Waals surface area contributed by atoms with Crippen LogP contribution in [-0.4, -0.2) is 61.1 Å². The number of rotatable bonds is 5. The smallest absolute Gasteiger partial charge is 0.221 e. The molecule has 2 saturated heterocycles. The fourth-order valence-corrected chi connectivity index (χ4v) is 3.69. The number of carbonyl (C=O) groups excluding carboxylic acids is 1. The van der Waals surface area contributed by atoms with Gasteiger partial charge in [0, 0.05) is 44.8 Å². The molecule has 132 valence electrons. The van der Waals surface area contributed by atoms with Crippen LogP contribution in [-0.2, 0) is 16.1 Å². The summed E-state index contributed by atoms with van der Waals surface area (Å²) in [5.41, 5.74) is 2.19. The highest BCUT2D eigenvalue weighted by atomic mass is 16.5. The Morgan fingerprint density at radius 3 is 2.62 bits per heavy atom. The van der Waals surface area contributed by atoms with Crippen LogP contribution in [0.5, 0.6) is 0 Å². The molecule has 5 heteroatoms. The van der Waals surface area contributed by atoms with Crippen LogP contribution < -0.4 is 5.32 Å². The SMILES string of the molecule is CC(=O)Nc1ccc(CN2CCCCC2CN2CCOCC2)cc1. The molecule has 0 bridgehead atoms. The lowest BCUT2D eigenvalue weighted by Gasteiger charge is -2.39. The standard InChI is InChI=1S/C19H29N3O2/c1-16(23)20-18-7-5-17(6-8-18)14-22-9-3-2-4-19(22)15-21-10-12-24-13-11-21/h5-8,19H,2-4,9-15H2,1H3,(H,20,23). The monoisotopic (exact) mass is 331 g/mol. The van der Waals surface area contributed by atoms with E-state index in [4.69, 9.17) is 4.74 Å². The van der Waals surface area contributed by atoms with Gasteiger partial charge in [-0.1, -0.05) is 18.6 Å². The molecule has 1 aromatic rings. The van der Waals surface area contributed by atoms with E-state index < -0.39 is 0 Å². The number of ether oxygens (including phenoxy) is 1. The van der Waals surface area contributed by atoms with Crippen molar-refractivity contribution in [3.63, 3.8) is 0 Å². The Morgan fingerprint density at radius 2 is 1.92 bits per heavy atom. The summed E-state index contributed by atoms with van der Waals surface area (Å²) in [6.45, 7) is 8.75. The van der Waals surface area contributed by atoms with E-state index in [-0.39, 0.29) is 5.91 Å². The fourth-order valence-electron chi connectivity index (χ4n) is 3.69. The first-order valence-corrected chi connectivity index (χ1v) is 9.11. The summed E-state index contributed by atoms with van der Waals surface area (Å²) in [5.74, 6) is -0.0237. The van der Waals surface area contributed by atoms with Crippen LogP contribution in [0, 0.1) is 0 Å². The zero-order valence-electron chi connectivity index (χ0n) is 14.7. The number of piperidine rings is 1. The molecule has 1 atom stereocenters. The van der Waals surface area contributed by atoms with Crippen molar-refractivity contribution < 1.29 is 9.53 Å². The summed E-state index contributed by atoms with van der Waals surface area (Å²) in [7, 11) is 0. The molecule has 0 saturated carbocycles. The van der Waals surface area contributed by atoms with Crippen molar-refractivity contribution >= 4 is 11.6 Å². The molecule has 1 N–H and O–H groups in total. The Bertz CT molecular complexity index is 526. The van der Waals surface area contributed by atoms with Gasteiger partial charge in [-0.05, 0) is 37.1 Å². The van der Waals surface area contributed by atoms with Crippen molar-refractivity contribution in [3.05, 3.63) is 29.8 Å². The Hall–Kier alpha value is -1.43. The minimum atomic E-state index is -0.0237. The molecule has 1 amide bonds. The van der Waals surface area contributed by atoms with Gasteiger partial charge in [0.25, 0.3) is 0 Å². The molecule has 0 aromatic heterocycles. The average Bonchev–Trinajstić information content (AvgIpc) is 2.59. The van der Waals surface area contributed by atoms with Crippen molar-refractivity contribution in [1.29, 1.82) is 0 Å². The maximum atomic E-state index is 11.1. The van der Waals surface area contributed by atoms with Crippen molar-refractivity contribution in [2.75, 3.05) is 44.7 Å². The summed E-state index contributed by atoms with van der Waals surface area (Å²) in [5, 5.41) is 2.83. The molecular weight excluding hydrogens is 302 g/mol. The summed E-state index contributed by atoms with van der Waals surface area (Å²) in [6.07, 6.45) is 3.93. The zero-order chi connectivity index (χ0) is 16.8. The van der Waals surface area contributed by atoms with E-state index in [9.17, 15) is 4.79 Å². The van der Waals surface area contributed by atoms with Gasteiger partial charge in [-0.15, -0.1) is 0 Å². The number of anilines is 1. The first-order valence-electron chi connectivity index (χ1n) is 9.11. The minimum Gasteiger partial charge on any atom is -0.379 e. The average molecular weight is 331 g/mol. The Labute approximate surface area is 145 Å². The first-order chi connectivity index (χ1) is 11.7. The molecule has 2 aliphatic heterocycles. The quantitative estimate of drug-likeness (QED) is 0.899. The van der Waals surface area contributed by atoms with Crippen LogP contribution in [0.25, 0.3) is 0 Å². The molecule has 2 aliphatic rings. The second kappa shape index (κ2) is 8.60. The molecule has 2 heterocycles. The second-order valence-corrected chi connectivity index (χ2v) is 6.91. The van der Waals surface area contributed by atoms with Crippen molar-refractivity contribution in [3.8, 4) is 0 Å². The van der Waals surface area contributed by atoms with Crippen LogP contribution >= 0.6 is 0 Å². The third-order valence-corrected chi connectivity index (χ3v) is 4.98. The molecule has 2 fully saturated rings. The molecule has 1 unspecified atom stereocenters. The van der Waals surface area contributed by atoms with Crippen LogP contribution in [0.4, 0.5) is 5.69 Å². The summed E-state index contributed by atoms with van der Waals surface area (Å²) < 4.78 is 5.46. The van der Waals surface area contributed by atoms with Crippen molar-refractivity contribution in [2.45, 2.75) is 38.8 Å². The number of likely N-dealkylation sites (tertiary alicyclic amines) is 1. The third kappa shape index (κ3) is 5.03. The number of morpholine rings is 1. The maximum Gasteiger partial charge on any atom is 0.221 e. The van der Waals surface area contributed by atoms with Gasteiger partial charge in [0.15, 0.2) is 0 Å². The Balaban J connectivity index is 1.57. The Morgan fingerprint density at radius 1 is 1.17 bits per heavy atom. The summed E-state index contributed by atoms with van der Waals surface area (Å²) in [4.78, 5) is 16.3. The number of benzene rings is 1. The lowest BCUT2D eigenvalue weighted by molar-refractivity contribution is -0.114. The molecule has 24 heavy (non-hydrogen) atoms. The van der Waals surface area contributed by atoms with E-state index >= 15 is 0 Å². The van der Waals surface area contributed by atoms with Crippen LogP contribution in [0.1, 0.15) is 31.7 Å². The fraction of sp³-hybridized carbons (Fsp3) is 0.632. The number of hydrogen-bond donors (Lipinski definition) is 1. The molecule has 0 radical (unpaired) electrons. The lowest BCUT2D eigenvalue weighted by atomic mass is 10.0. The lowest BCUT2D eigenvalue weighted by Crippen LogP contribution is -2.49. The number of nitrogens with zero attached hydrogens (tertiary/aromatic N) is 2. The summed E-state index contributed by atoms with van der Waals surface area (Å²) >= 11 is 0. The minimum absolute atomic E-state index is 0.0237. The van der Waals surface area contributed by atoms with Gasteiger partial charge in [-0.25, -0.2) is 0 Å². The topological polar surface area (TPSA) is 44.8 Å². The third-order valence-electron chi connectivity index (χ3n) is 4.98. The number of amides is 1. The van der Waals surface area contributed by atoms with E-state index in [0.717, 1.165) is 45.1 Å². The highest BCUT2D eigenvalue weighted by Crippen LogP contribution is 2.21. The van der Waals surface area contributed by atoms with Crippen LogP contribution in [0.2, 0.25) is 0 Å². The van der Waals surface area contributed by atoms with Crippen LogP contribution in [0.15, 0.2) is 24.3 Å². The van der Waals surface area contributed by atoms with Gasteiger partial charge in [-0.2, -0.15) is 0 Å². The normalized spacial score (nSPS) is 23.1. The van der Waals surface area contributed by atoms with Crippen molar-refractivity contribution in [1.82, 2.24) is 9.80 Å². The van der Waals surface area contributed by atoms with E-state index in [0.29, 0.717) is 6.04 Å². The van der Waals surface area contributed by atoms with Gasteiger partial charge in [0.1, 0.15) is 0 Å². The van der Waals surface area contributed by atoms with E-state index in [1.807, 2.05) is 12.1 Å². The molecule has 0 spiro atoms. The number of nitrogens with one attached hydrogen (secondary N) is 1. The van der Waals surface area contributed by atoms with Crippen molar-refractivity contribution in [2.24, 2.45) is 0 Å². The van der Waals surface area contributed by atoms with E-state index in [1.165, 1.54) is 38.3 Å². The zero-order valence-corrected chi connectivity index (χ0v) is 14.7. The highest BCUT2D eigenvalue weighted by molar-refractivity contribution is 5.88. The maximum absolute atomic E-state index is 11.1. The number of hydrogen-bond acceptors (Lipinski definition) is 4. The molecular formula is C19H29N3O2. The van der Waals surface area contributed by atoms with Gasteiger partial charge >= 0.3 is 0 Å². The van der Waals surface area contributed by atoms with Gasteiger partial charge in [-0.3, -0.25) is 14.6 Å².